The molecule has 0 unspecified atom stereocenters. The Morgan fingerprint density at radius 1 is 1.14 bits per heavy atom. The summed E-state index contributed by atoms with van der Waals surface area (Å²) in [5.41, 5.74) is 3.34. The van der Waals surface area contributed by atoms with Crippen molar-refractivity contribution in [1.29, 1.82) is 0 Å². The fourth-order valence-corrected chi connectivity index (χ4v) is 4.30. The van der Waals surface area contributed by atoms with Gasteiger partial charge in [-0.1, -0.05) is 30.3 Å². The monoisotopic (exact) mass is 390 g/mol. The third kappa shape index (κ3) is 2.90. The van der Waals surface area contributed by atoms with Gasteiger partial charge in [0.1, 0.15) is 23.9 Å². The second-order valence-electron chi connectivity index (χ2n) is 7.27. The number of carbonyl (C=O) groups excluding carboxylic acids is 1. The van der Waals surface area contributed by atoms with E-state index in [0.717, 1.165) is 16.8 Å². The van der Waals surface area contributed by atoms with Crippen LogP contribution in [0.2, 0.25) is 0 Å². The first-order valence-electron chi connectivity index (χ1n) is 9.47. The van der Waals surface area contributed by atoms with Gasteiger partial charge >= 0.3 is 0 Å². The highest BCUT2D eigenvalue weighted by atomic mass is 19.1. The van der Waals surface area contributed by atoms with Gasteiger partial charge in [-0.05, 0) is 36.1 Å². The largest absolute Gasteiger partial charge is 0.496 e. The predicted molar refractivity (Wildman–Crippen MR) is 105 cm³/mol. The molecule has 146 valence electrons. The summed E-state index contributed by atoms with van der Waals surface area (Å²) in [6.45, 7) is 0. The number of rotatable bonds is 3. The molecule has 2 heterocycles. The zero-order chi connectivity index (χ0) is 20.0. The summed E-state index contributed by atoms with van der Waals surface area (Å²) in [6.07, 6.45) is 2.48. The highest BCUT2D eigenvalue weighted by molar-refractivity contribution is 6.00. The SMILES string of the molecule is COc1ccccc1[C@@H]1C2=C(C[C@H](c3ccc(F)cc3)CC2=O)Nc2ncnn21. The molecule has 0 saturated heterocycles. The number of ketones is 1. The summed E-state index contributed by atoms with van der Waals surface area (Å²) in [5, 5.41) is 7.65. The van der Waals surface area contributed by atoms with Gasteiger partial charge in [-0.2, -0.15) is 10.1 Å². The minimum absolute atomic E-state index is 0.0119. The maximum absolute atomic E-state index is 13.3. The number of methoxy groups -OCH3 is 1. The number of carbonyl (C=O) groups is 1. The van der Waals surface area contributed by atoms with Crippen LogP contribution in [0.3, 0.4) is 0 Å². The molecule has 0 radical (unpaired) electrons. The molecular weight excluding hydrogens is 371 g/mol. The summed E-state index contributed by atoms with van der Waals surface area (Å²) in [5.74, 6) is 1.04. The number of nitrogens with one attached hydrogen (secondary N) is 1. The Labute approximate surface area is 167 Å². The molecule has 0 bridgehead atoms. The number of aromatic nitrogens is 3. The zero-order valence-electron chi connectivity index (χ0n) is 15.8. The van der Waals surface area contributed by atoms with Gasteiger partial charge in [-0.15, -0.1) is 0 Å². The minimum Gasteiger partial charge on any atom is -0.496 e. The van der Waals surface area contributed by atoms with Crippen LogP contribution in [0.1, 0.15) is 35.9 Å². The number of benzene rings is 2. The second kappa shape index (κ2) is 6.84. The first-order valence-corrected chi connectivity index (χ1v) is 9.47. The van der Waals surface area contributed by atoms with E-state index in [1.54, 1.807) is 23.9 Å². The van der Waals surface area contributed by atoms with Gasteiger partial charge in [0.25, 0.3) is 0 Å². The van der Waals surface area contributed by atoms with Crippen LogP contribution in [-0.2, 0) is 4.79 Å². The van der Waals surface area contributed by atoms with Crippen LogP contribution >= 0.6 is 0 Å². The van der Waals surface area contributed by atoms with Crippen LogP contribution in [0.25, 0.3) is 0 Å². The minimum atomic E-state index is -0.401. The Bertz CT molecular complexity index is 1120. The molecule has 1 aliphatic carbocycles. The lowest BCUT2D eigenvalue weighted by molar-refractivity contribution is -0.116. The Morgan fingerprint density at radius 2 is 1.93 bits per heavy atom. The molecule has 0 saturated carbocycles. The fraction of sp³-hybridized carbons (Fsp3) is 0.227. The molecule has 0 spiro atoms. The predicted octanol–water partition coefficient (Wildman–Crippen LogP) is 3.84. The van der Waals surface area contributed by atoms with Crippen LogP contribution in [0.5, 0.6) is 5.75 Å². The maximum Gasteiger partial charge on any atom is 0.226 e. The summed E-state index contributed by atoms with van der Waals surface area (Å²) in [7, 11) is 1.62. The smallest absolute Gasteiger partial charge is 0.226 e. The lowest BCUT2D eigenvalue weighted by Gasteiger charge is -2.35. The van der Waals surface area contributed by atoms with Crippen LogP contribution < -0.4 is 10.1 Å². The van der Waals surface area contributed by atoms with Crippen molar-refractivity contribution >= 4 is 11.7 Å². The van der Waals surface area contributed by atoms with Crippen molar-refractivity contribution in [2.45, 2.75) is 24.8 Å². The van der Waals surface area contributed by atoms with E-state index >= 15 is 0 Å². The van der Waals surface area contributed by atoms with Crippen molar-refractivity contribution in [1.82, 2.24) is 14.8 Å². The Balaban J connectivity index is 1.61. The van der Waals surface area contributed by atoms with E-state index in [2.05, 4.69) is 15.4 Å². The molecule has 2 atom stereocenters. The number of fused-ring (bicyclic) bond motifs is 1. The van der Waals surface area contributed by atoms with Crippen LogP contribution in [-0.4, -0.2) is 27.7 Å². The van der Waals surface area contributed by atoms with Crippen LogP contribution in [0, 0.1) is 5.82 Å². The number of para-hydroxylation sites is 1. The molecule has 6 nitrogen and oxygen atoms in total. The zero-order valence-corrected chi connectivity index (χ0v) is 15.8. The molecule has 2 aliphatic rings. The number of ether oxygens (including phenoxy) is 1. The van der Waals surface area contributed by atoms with Crippen molar-refractivity contribution in [3.05, 3.63) is 83.1 Å². The molecule has 7 heteroatoms. The third-order valence-corrected chi connectivity index (χ3v) is 5.64. The highest BCUT2D eigenvalue weighted by Crippen LogP contribution is 2.45. The number of anilines is 1. The van der Waals surface area contributed by atoms with Gasteiger partial charge in [-0.25, -0.2) is 9.07 Å². The van der Waals surface area contributed by atoms with Crippen molar-refractivity contribution in [3.8, 4) is 5.75 Å². The molecule has 1 aromatic heterocycles. The lowest BCUT2D eigenvalue weighted by atomic mass is 9.78. The summed E-state index contributed by atoms with van der Waals surface area (Å²) in [4.78, 5) is 17.6. The van der Waals surface area contributed by atoms with Gasteiger partial charge in [0.05, 0.1) is 7.11 Å². The number of nitrogens with zero attached hydrogens (tertiary/aromatic N) is 3. The molecule has 0 amide bonds. The summed E-state index contributed by atoms with van der Waals surface area (Å²) in [6, 6.07) is 13.6. The first kappa shape index (κ1) is 17.6. The Morgan fingerprint density at radius 3 is 2.72 bits per heavy atom. The Hall–Kier alpha value is -3.48. The van der Waals surface area contributed by atoms with E-state index in [4.69, 9.17) is 4.74 Å². The molecule has 1 N–H and O–H groups in total. The number of halogens is 1. The first-order chi connectivity index (χ1) is 14.2. The lowest BCUT2D eigenvalue weighted by Crippen LogP contribution is -2.33. The number of allylic oxidation sites excluding steroid dienone is 2. The topological polar surface area (TPSA) is 69.0 Å². The average Bonchev–Trinajstić information content (AvgIpc) is 3.21. The normalized spacial score (nSPS) is 20.7. The van der Waals surface area contributed by atoms with Gasteiger partial charge in [0.2, 0.25) is 5.95 Å². The molecule has 29 heavy (non-hydrogen) atoms. The van der Waals surface area contributed by atoms with Crippen LogP contribution in [0.4, 0.5) is 10.3 Å². The van der Waals surface area contributed by atoms with Crippen molar-refractivity contribution in [3.63, 3.8) is 0 Å². The standard InChI is InChI=1S/C22H19FN4O2/c1-29-19-5-3-2-4-16(19)21-20-17(26-22-24-12-25-27(21)22)10-14(11-18(20)28)13-6-8-15(23)9-7-13/h2-9,12,14,21H,10-11H2,1H3,(H,24,25,26)/t14-,21+/m0/s1. The number of hydrogen-bond donors (Lipinski definition) is 1. The van der Waals surface area contributed by atoms with Gasteiger partial charge in [-0.3, -0.25) is 4.79 Å². The molecular formula is C22H19FN4O2. The molecule has 2 aromatic carbocycles. The van der Waals surface area contributed by atoms with Crippen LogP contribution in [0.15, 0.2) is 66.1 Å². The van der Waals surface area contributed by atoms with E-state index in [-0.39, 0.29) is 17.5 Å². The Kier molecular flexibility index (Phi) is 4.16. The van der Waals surface area contributed by atoms with Crippen molar-refractivity contribution in [2.75, 3.05) is 12.4 Å². The number of Topliss-reactive ketones (excluding diaryl/α,β-unsaturated/α-hetero) is 1. The second-order valence-corrected chi connectivity index (χ2v) is 7.27. The third-order valence-electron chi connectivity index (χ3n) is 5.64. The summed E-state index contributed by atoms with van der Waals surface area (Å²) >= 11 is 0. The van der Waals surface area contributed by atoms with Gasteiger partial charge in [0, 0.05) is 23.3 Å². The van der Waals surface area contributed by atoms with E-state index < -0.39 is 6.04 Å². The average molecular weight is 390 g/mol. The molecule has 0 fully saturated rings. The van der Waals surface area contributed by atoms with E-state index in [9.17, 15) is 9.18 Å². The molecule has 3 aromatic rings. The van der Waals surface area contributed by atoms with E-state index in [1.807, 2.05) is 24.3 Å². The maximum atomic E-state index is 13.3. The highest BCUT2D eigenvalue weighted by Gasteiger charge is 2.40. The number of hydrogen-bond acceptors (Lipinski definition) is 5. The van der Waals surface area contributed by atoms with E-state index in [1.165, 1.54) is 18.5 Å². The van der Waals surface area contributed by atoms with Gasteiger partial charge in [0.15, 0.2) is 5.78 Å². The van der Waals surface area contributed by atoms with Crippen molar-refractivity contribution < 1.29 is 13.9 Å². The fourth-order valence-electron chi connectivity index (χ4n) is 4.30. The molecule has 5 rings (SSSR count). The molecule has 1 aliphatic heterocycles. The van der Waals surface area contributed by atoms with Gasteiger partial charge < -0.3 is 10.1 Å². The quantitative estimate of drug-likeness (QED) is 0.736. The summed E-state index contributed by atoms with van der Waals surface area (Å²) < 4.78 is 20.6. The van der Waals surface area contributed by atoms with Crippen molar-refractivity contribution in [2.24, 2.45) is 0 Å². The van der Waals surface area contributed by atoms with E-state index in [0.29, 0.717) is 30.1 Å².